The van der Waals surface area contributed by atoms with Crippen molar-refractivity contribution < 1.29 is 4.79 Å². The Hall–Kier alpha value is -1.36. The summed E-state index contributed by atoms with van der Waals surface area (Å²) in [6, 6.07) is 0.597. The number of carbonyl (C=O) groups is 1. The summed E-state index contributed by atoms with van der Waals surface area (Å²) in [5.41, 5.74) is -0.331. The van der Waals surface area contributed by atoms with Gasteiger partial charge in [-0.2, -0.15) is 0 Å². The van der Waals surface area contributed by atoms with Crippen LogP contribution in [0.15, 0.2) is 18.7 Å². The fourth-order valence-corrected chi connectivity index (χ4v) is 3.70. The predicted molar refractivity (Wildman–Crippen MR) is 77.3 cm³/mol. The molecule has 0 aromatic carbocycles. The molecule has 2 fully saturated rings. The Kier molecular flexibility index (Phi) is 3.78. The third-order valence-corrected chi connectivity index (χ3v) is 4.99. The lowest BCUT2D eigenvalue weighted by Gasteiger charge is -2.30. The zero-order chi connectivity index (χ0) is 14.0. The fourth-order valence-electron chi connectivity index (χ4n) is 3.70. The number of nitrogens with zero attached hydrogens (tertiary/aromatic N) is 2. The van der Waals surface area contributed by atoms with Crippen molar-refractivity contribution in [3.63, 3.8) is 0 Å². The summed E-state index contributed by atoms with van der Waals surface area (Å²) in [5, 5.41) is 6.71. The van der Waals surface area contributed by atoms with Crippen LogP contribution >= 0.6 is 0 Å². The van der Waals surface area contributed by atoms with Crippen LogP contribution in [0.3, 0.4) is 0 Å². The van der Waals surface area contributed by atoms with Gasteiger partial charge in [-0.05, 0) is 45.1 Å². The first-order valence-corrected chi connectivity index (χ1v) is 7.78. The van der Waals surface area contributed by atoms with Gasteiger partial charge in [0.2, 0.25) is 5.91 Å². The lowest BCUT2D eigenvalue weighted by Crippen LogP contribution is -2.56. The number of hydrogen-bond donors (Lipinski definition) is 2. The number of imidazole rings is 1. The molecule has 1 aliphatic carbocycles. The van der Waals surface area contributed by atoms with Gasteiger partial charge in [-0.25, -0.2) is 4.98 Å². The molecule has 1 aromatic heterocycles. The SMILES string of the molecule is CCC1(C(=O)NC2CCCC2n2ccnc2)CCCN1. The second-order valence-electron chi connectivity index (χ2n) is 6.05. The summed E-state index contributed by atoms with van der Waals surface area (Å²) >= 11 is 0. The Morgan fingerprint density at radius 3 is 3.05 bits per heavy atom. The maximum atomic E-state index is 12.7. The molecule has 2 aliphatic rings. The van der Waals surface area contributed by atoms with Crippen LogP contribution in [0.25, 0.3) is 0 Å². The molecule has 0 spiro atoms. The van der Waals surface area contributed by atoms with Crippen LogP contribution in [-0.4, -0.2) is 33.6 Å². The van der Waals surface area contributed by atoms with Crippen molar-refractivity contribution in [3.05, 3.63) is 18.7 Å². The molecule has 3 rings (SSSR count). The molecule has 5 heteroatoms. The van der Waals surface area contributed by atoms with Crippen molar-refractivity contribution in [2.45, 2.75) is 63.1 Å². The highest BCUT2D eigenvalue weighted by Gasteiger charge is 2.41. The molecule has 1 saturated heterocycles. The van der Waals surface area contributed by atoms with E-state index in [0.717, 1.165) is 38.6 Å². The van der Waals surface area contributed by atoms with Gasteiger partial charge < -0.3 is 15.2 Å². The normalized spacial score (nSPS) is 33.5. The molecule has 20 heavy (non-hydrogen) atoms. The van der Waals surface area contributed by atoms with Crippen LogP contribution in [0.1, 0.15) is 51.5 Å². The third-order valence-electron chi connectivity index (χ3n) is 4.99. The largest absolute Gasteiger partial charge is 0.350 e. The van der Waals surface area contributed by atoms with E-state index < -0.39 is 0 Å². The van der Waals surface area contributed by atoms with E-state index in [-0.39, 0.29) is 17.5 Å². The third kappa shape index (κ3) is 2.35. The molecule has 110 valence electrons. The average molecular weight is 276 g/mol. The van der Waals surface area contributed by atoms with Gasteiger partial charge in [0.1, 0.15) is 0 Å². The summed E-state index contributed by atoms with van der Waals surface area (Å²) in [4.78, 5) is 16.8. The van der Waals surface area contributed by atoms with E-state index in [0.29, 0.717) is 6.04 Å². The molecule has 1 saturated carbocycles. The minimum Gasteiger partial charge on any atom is -0.350 e. The molecular formula is C15H24N4O. The van der Waals surface area contributed by atoms with Gasteiger partial charge in [0.05, 0.1) is 17.9 Å². The van der Waals surface area contributed by atoms with E-state index in [4.69, 9.17) is 0 Å². The Bertz CT molecular complexity index is 450. The predicted octanol–water partition coefficient (Wildman–Crippen LogP) is 1.63. The Morgan fingerprint density at radius 1 is 1.50 bits per heavy atom. The van der Waals surface area contributed by atoms with Crippen molar-refractivity contribution in [2.75, 3.05) is 6.54 Å². The molecule has 2 heterocycles. The number of nitrogens with one attached hydrogen (secondary N) is 2. The number of amides is 1. The van der Waals surface area contributed by atoms with Gasteiger partial charge in [0, 0.05) is 18.4 Å². The fraction of sp³-hybridized carbons (Fsp3) is 0.733. The van der Waals surface area contributed by atoms with Crippen molar-refractivity contribution in [3.8, 4) is 0 Å². The van der Waals surface area contributed by atoms with Crippen LogP contribution in [0.4, 0.5) is 0 Å². The highest BCUT2D eigenvalue weighted by molar-refractivity contribution is 5.87. The molecule has 2 N–H and O–H groups in total. The summed E-state index contributed by atoms with van der Waals surface area (Å²) in [7, 11) is 0. The number of rotatable bonds is 4. The van der Waals surface area contributed by atoms with E-state index in [1.165, 1.54) is 6.42 Å². The quantitative estimate of drug-likeness (QED) is 0.878. The summed E-state index contributed by atoms with van der Waals surface area (Å²) < 4.78 is 2.14. The molecule has 1 amide bonds. The summed E-state index contributed by atoms with van der Waals surface area (Å²) in [6.07, 6.45) is 11.9. The molecule has 0 radical (unpaired) electrons. The van der Waals surface area contributed by atoms with Gasteiger partial charge in [-0.1, -0.05) is 6.92 Å². The monoisotopic (exact) mass is 276 g/mol. The second-order valence-corrected chi connectivity index (χ2v) is 6.05. The maximum absolute atomic E-state index is 12.7. The molecule has 3 unspecified atom stereocenters. The highest BCUT2D eigenvalue weighted by atomic mass is 16.2. The topological polar surface area (TPSA) is 59.0 Å². The van der Waals surface area contributed by atoms with E-state index in [2.05, 4.69) is 27.1 Å². The van der Waals surface area contributed by atoms with Gasteiger partial charge in [-0.15, -0.1) is 0 Å². The van der Waals surface area contributed by atoms with Crippen LogP contribution in [0.5, 0.6) is 0 Å². The molecule has 1 aliphatic heterocycles. The van der Waals surface area contributed by atoms with Crippen LogP contribution < -0.4 is 10.6 Å². The highest BCUT2D eigenvalue weighted by Crippen LogP contribution is 2.31. The summed E-state index contributed by atoms with van der Waals surface area (Å²) in [6.45, 7) is 3.05. The van der Waals surface area contributed by atoms with Crippen molar-refractivity contribution in [2.24, 2.45) is 0 Å². The molecular weight excluding hydrogens is 252 g/mol. The number of carbonyl (C=O) groups excluding carboxylic acids is 1. The van der Waals surface area contributed by atoms with Crippen molar-refractivity contribution >= 4 is 5.91 Å². The van der Waals surface area contributed by atoms with Gasteiger partial charge >= 0.3 is 0 Å². The standard InChI is InChI=1S/C15H24N4O/c1-2-15(7-4-8-17-15)14(20)18-12-5-3-6-13(12)19-10-9-16-11-19/h9-13,17H,2-8H2,1H3,(H,18,20). The molecule has 1 aromatic rings. The second kappa shape index (κ2) is 5.56. The molecule has 3 atom stereocenters. The molecule has 5 nitrogen and oxygen atoms in total. The van der Waals surface area contributed by atoms with Gasteiger partial charge in [-0.3, -0.25) is 4.79 Å². The van der Waals surface area contributed by atoms with E-state index >= 15 is 0 Å². The van der Waals surface area contributed by atoms with Crippen molar-refractivity contribution in [1.82, 2.24) is 20.2 Å². The van der Waals surface area contributed by atoms with E-state index in [1.807, 2.05) is 18.7 Å². The maximum Gasteiger partial charge on any atom is 0.240 e. The zero-order valence-corrected chi connectivity index (χ0v) is 12.1. The number of hydrogen-bond acceptors (Lipinski definition) is 3. The minimum atomic E-state index is -0.331. The zero-order valence-electron chi connectivity index (χ0n) is 12.1. The Morgan fingerprint density at radius 2 is 2.40 bits per heavy atom. The van der Waals surface area contributed by atoms with E-state index in [1.54, 1.807) is 0 Å². The van der Waals surface area contributed by atoms with Gasteiger partial charge in [0.25, 0.3) is 0 Å². The van der Waals surface area contributed by atoms with Crippen LogP contribution in [-0.2, 0) is 4.79 Å². The molecule has 0 bridgehead atoms. The summed E-state index contributed by atoms with van der Waals surface area (Å²) in [5.74, 6) is 0.189. The Labute approximate surface area is 120 Å². The van der Waals surface area contributed by atoms with E-state index in [9.17, 15) is 4.79 Å². The lowest BCUT2D eigenvalue weighted by molar-refractivity contribution is -0.128. The lowest BCUT2D eigenvalue weighted by atomic mass is 9.92. The average Bonchev–Trinajstić information content (AvgIpc) is 3.20. The first-order chi connectivity index (χ1) is 9.75. The van der Waals surface area contributed by atoms with Crippen molar-refractivity contribution in [1.29, 1.82) is 0 Å². The first-order valence-electron chi connectivity index (χ1n) is 7.78. The first kappa shape index (κ1) is 13.6. The smallest absolute Gasteiger partial charge is 0.240 e. The van der Waals surface area contributed by atoms with Gasteiger partial charge in [0.15, 0.2) is 0 Å². The minimum absolute atomic E-state index is 0.189. The number of aromatic nitrogens is 2. The Balaban J connectivity index is 1.69. The van der Waals surface area contributed by atoms with Crippen LogP contribution in [0, 0.1) is 0 Å². The van der Waals surface area contributed by atoms with Crippen LogP contribution in [0.2, 0.25) is 0 Å².